The van der Waals surface area contributed by atoms with Gasteiger partial charge >= 0.3 is 6.36 Å². The van der Waals surface area contributed by atoms with Crippen molar-refractivity contribution in [2.24, 2.45) is 5.92 Å². The Morgan fingerprint density at radius 1 is 1.03 bits per heavy atom. The Morgan fingerprint density at radius 2 is 1.79 bits per heavy atom. The van der Waals surface area contributed by atoms with Gasteiger partial charge in [-0.3, -0.25) is 0 Å². The zero-order chi connectivity index (χ0) is 24.7. The monoisotopic (exact) mass is 476 g/mol. The Morgan fingerprint density at radius 3 is 2.47 bits per heavy atom. The van der Waals surface area contributed by atoms with E-state index in [-0.39, 0.29) is 30.3 Å². The predicted molar refractivity (Wildman–Crippen MR) is 124 cm³/mol. The number of aromatic nitrogens is 2. The van der Waals surface area contributed by atoms with Crippen LogP contribution in [0, 0.1) is 5.92 Å². The Bertz CT molecular complexity index is 1090. The summed E-state index contributed by atoms with van der Waals surface area (Å²) in [6, 6.07) is 14.4. The molecular formula is C24H27F3N4O3. The fourth-order valence-corrected chi connectivity index (χ4v) is 3.23. The maximum atomic E-state index is 12.7. The van der Waals surface area contributed by atoms with Crippen LogP contribution in [0.1, 0.15) is 19.4 Å². The molecule has 1 heterocycles. The lowest BCUT2D eigenvalue weighted by Crippen LogP contribution is -2.30. The first-order valence-corrected chi connectivity index (χ1v) is 10.7. The van der Waals surface area contributed by atoms with Crippen LogP contribution in [0.15, 0.2) is 54.6 Å². The van der Waals surface area contributed by atoms with Gasteiger partial charge in [-0.05, 0) is 24.1 Å². The van der Waals surface area contributed by atoms with Gasteiger partial charge in [0.15, 0.2) is 0 Å². The van der Waals surface area contributed by atoms with E-state index < -0.39 is 6.36 Å². The molecule has 0 fully saturated rings. The van der Waals surface area contributed by atoms with Crippen molar-refractivity contribution in [3.63, 3.8) is 0 Å². The van der Waals surface area contributed by atoms with Crippen molar-refractivity contribution in [1.29, 1.82) is 0 Å². The molecule has 3 aromatic rings. The van der Waals surface area contributed by atoms with Crippen molar-refractivity contribution in [2.45, 2.75) is 32.8 Å². The summed E-state index contributed by atoms with van der Waals surface area (Å²) in [5.41, 5.74) is 1.70. The molecule has 0 aliphatic rings. The first kappa shape index (κ1) is 25.1. The standard InChI is InChI=1S/C24H27F3N4O3/c1-15(2)20(14-32)30-23-29-19(16-8-6-9-18(11-16)34-24(25,26)27)12-22(31-23)28-13-17-7-4-5-10-21(17)33-3/h4-12,15,20,32H,13-14H2,1-3H3,(H2,28,29,30,31)/t20-/m0/s1. The van der Waals surface area contributed by atoms with Crippen LogP contribution in [0.3, 0.4) is 0 Å². The summed E-state index contributed by atoms with van der Waals surface area (Å²) in [7, 11) is 1.58. The normalized spacial score (nSPS) is 12.4. The zero-order valence-corrected chi connectivity index (χ0v) is 19.1. The fraction of sp³-hybridized carbons (Fsp3) is 0.333. The number of ether oxygens (including phenoxy) is 2. The molecule has 0 saturated heterocycles. The van der Waals surface area contributed by atoms with Gasteiger partial charge in [-0.25, -0.2) is 4.98 Å². The van der Waals surface area contributed by atoms with Crippen LogP contribution in [0.2, 0.25) is 0 Å². The van der Waals surface area contributed by atoms with Crippen LogP contribution >= 0.6 is 0 Å². The summed E-state index contributed by atoms with van der Waals surface area (Å²) in [4.78, 5) is 8.95. The van der Waals surface area contributed by atoms with E-state index in [0.29, 0.717) is 29.4 Å². The third kappa shape index (κ3) is 6.98. The average Bonchev–Trinajstić information content (AvgIpc) is 2.80. The molecule has 1 atom stereocenters. The SMILES string of the molecule is COc1ccccc1CNc1cc(-c2cccc(OC(F)(F)F)c2)nc(N[C@@H](CO)C(C)C)n1. The molecule has 0 bridgehead atoms. The number of aliphatic hydroxyl groups excluding tert-OH is 1. The van der Waals surface area contributed by atoms with Gasteiger partial charge in [-0.2, -0.15) is 4.98 Å². The number of nitrogens with one attached hydrogen (secondary N) is 2. The third-order valence-electron chi connectivity index (χ3n) is 5.06. The van der Waals surface area contributed by atoms with Crippen molar-refractivity contribution in [3.8, 4) is 22.8 Å². The molecule has 3 N–H and O–H groups in total. The van der Waals surface area contributed by atoms with Crippen molar-refractivity contribution < 1.29 is 27.8 Å². The Labute approximate surface area is 196 Å². The van der Waals surface area contributed by atoms with Gasteiger partial charge < -0.3 is 25.2 Å². The molecule has 3 rings (SSSR count). The number of hydrogen-bond acceptors (Lipinski definition) is 7. The fourth-order valence-electron chi connectivity index (χ4n) is 3.23. The second-order valence-corrected chi connectivity index (χ2v) is 7.88. The number of anilines is 2. The molecule has 0 spiro atoms. The van der Waals surface area contributed by atoms with E-state index in [2.05, 4.69) is 25.3 Å². The van der Waals surface area contributed by atoms with E-state index >= 15 is 0 Å². The minimum Gasteiger partial charge on any atom is -0.496 e. The minimum absolute atomic E-state index is 0.0887. The highest BCUT2D eigenvalue weighted by Crippen LogP contribution is 2.29. The number of hydrogen-bond donors (Lipinski definition) is 3. The number of para-hydroxylation sites is 1. The minimum atomic E-state index is -4.80. The molecule has 0 amide bonds. The first-order valence-electron chi connectivity index (χ1n) is 10.7. The third-order valence-corrected chi connectivity index (χ3v) is 5.06. The maximum Gasteiger partial charge on any atom is 0.573 e. The summed E-state index contributed by atoms with van der Waals surface area (Å²) in [6.07, 6.45) is -4.80. The van der Waals surface area contributed by atoms with E-state index in [4.69, 9.17) is 4.74 Å². The highest BCUT2D eigenvalue weighted by Gasteiger charge is 2.31. The summed E-state index contributed by atoms with van der Waals surface area (Å²) in [5, 5.41) is 16.0. The number of aliphatic hydroxyl groups is 1. The van der Waals surface area contributed by atoms with Crippen LogP contribution < -0.4 is 20.1 Å². The van der Waals surface area contributed by atoms with E-state index in [9.17, 15) is 18.3 Å². The second kappa shape index (κ2) is 11.1. The topological polar surface area (TPSA) is 88.5 Å². The molecule has 7 nitrogen and oxygen atoms in total. The number of nitrogens with zero attached hydrogens (tertiary/aromatic N) is 2. The van der Waals surface area contributed by atoms with E-state index in [1.807, 2.05) is 38.1 Å². The van der Waals surface area contributed by atoms with Gasteiger partial charge in [0.25, 0.3) is 0 Å². The van der Waals surface area contributed by atoms with E-state index in [1.165, 1.54) is 18.2 Å². The first-order chi connectivity index (χ1) is 16.2. The lowest BCUT2D eigenvalue weighted by atomic mass is 10.1. The van der Waals surface area contributed by atoms with Gasteiger partial charge in [0.2, 0.25) is 5.95 Å². The Kier molecular flexibility index (Phi) is 8.17. The van der Waals surface area contributed by atoms with Crippen molar-refractivity contribution in [1.82, 2.24) is 9.97 Å². The summed E-state index contributed by atoms with van der Waals surface area (Å²) in [5.74, 6) is 1.12. The number of alkyl halides is 3. The summed E-state index contributed by atoms with van der Waals surface area (Å²) in [6.45, 7) is 4.14. The van der Waals surface area contributed by atoms with Crippen molar-refractivity contribution in [3.05, 3.63) is 60.2 Å². The number of benzene rings is 2. The number of halogens is 3. The smallest absolute Gasteiger partial charge is 0.496 e. The highest BCUT2D eigenvalue weighted by atomic mass is 19.4. The van der Waals surface area contributed by atoms with Crippen LogP contribution in [0.5, 0.6) is 11.5 Å². The van der Waals surface area contributed by atoms with Gasteiger partial charge in [-0.15, -0.1) is 13.2 Å². The molecule has 0 radical (unpaired) electrons. The molecule has 0 aliphatic carbocycles. The van der Waals surface area contributed by atoms with Crippen LogP contribution in [-0.2, 0) is 6.54 Å². The number of rotatable bonds is 10. The molecule has 34 heavy (non-hydrogen) atoms. The van der Waals surface area contributed by atoms with E-state index in [1.54, 1.807) is 19.2 Å². The largest absolute Gasteiger partial charge is 0.573 e. The van der Waals surface area contributed by atoms with Gasteiger partial charge in [0, 0.05) is 23.7 Å². The van der Waals surface area contributed by atoms with Crippen molar-refractivity contribution >= 4 is 11.8 Å². The molecule has 0 aliphatic heterocycles. The van der Waals surface area contributed by atoms with Crippen molar-refractivity contribution in [2.75, 3.05) is 24.4 Å². The molecule has 1 aromatic heterocycles. The predicted octanol–water partition coefficient (Wildman–Crippen LogP) is 5.09. The molecular weight excluding hydrogens is 449 g/mol. The van der Waals surface area contributed by atoms with Crippen LogP contribution in [0.4, 0.5) is 24.9 Å². The van der Waals surface area contributed by atoms with Gasteiger partial charge in [-0.1, -0.05) is 44.2 Å². The number of methoxy groups -OCH3 is 1. The molecule has 0 unspecified atom stereocenters. The molecule has 182 valence electrons. The summed E-state index contributed by atoms with van der Waals surface area (Å²) >= 11 is 0. The average molecular weight is 476 g/mol. The highest BCUT2D eigenvalue weighted by molar-refractivity contribution is 5.66. The Hall–Kier alpha value is -3.53. The molecule has 0 saturated carbocycles. The van der Waals surface area contributed by atoms with Gasteiger partial charge in [0.1, 0.15) is 17.3 Å². The summed E-state index contributed by atoms with van der Waals surface area (Å²) < 4.78 is 47.5. The van der Waals surface area contributed by atoms with Crippen LogP contribution in [-0.4, -0.2) is 41.2 Å². The quantitative estimate of drug-likeness (QED) is 0.376. The Balaban J connectivity index is 1.95. The molecule has 2 aromatic carbocycles. The maximum absolute atomic E-state index is 12.7. The molecule has 10 heteroatoms. The lowest BCUT2D eigenvalue weighted by Gasteiger charge is -2.21. The lowest BCUT2D eigenvalue weighted by molar-refractivity contribution is -0.274. The van der Waals surface area contributed by atoms with Gasteiger partial charge in [0.05, 0.1) is 25.5 Å². The zero-order valence-electron chi connectivity index (χ0n) is 19.1. The van der Waals surface area contributed by atoms with Crippen LogP contribution in [0.25, 0.3) is 11.3 Å². The second-order valence-electron chi connectivity index (χ2n) is 7.88. The van der Waals surface area contributed by atoms with E-state index in [0.717, 1.165) is 5.56 Å².